The minimum Gasteiger partial charge on any atom is -0.466 e. The fraction of sp³-hybridized carbons (Fsp3) is 0.909. The maximum absolute atomic E-state index is 11.9. The zero-order chi connectivity index (χ0) is 10.6. The van der Waals surface area contributed by atoms with Gasteiger partial charge < -0.3 is 10.1 Å². The van der Waals surface area contributed by atoms with Crippen molar-refractivity contribution in [2.24, 2.45) is 11.3 Å². The van der Waals surface area contributed by atoms with E-state index in [-0.39, 0.29) is 11.4 Å². The van der Waals surface area contributed by atoms with Crippen LogP contribution in [0.5, 0.6) is 0 Å². The summed E-state index contributed by atoms with van der Waals surface area (Å²) in [6, 6.07) is 0. The Kier molecular flexibility index (Phi) is 3.93. The lowest BCUT2D eigenvalue weighted by Crippen LogP contribution is -2.49. The molecule has 0 spiro atoms. The molecule has 1 aliphatic rings. The van der Waals surface area contributed by atoms with Gasteiger partial charge in [0, 0.05) is 6.54 Å². The third-order valence-electron chi connectivity index (χ3n) is 3.20. The van der Waals surface area contributed by atoms with Gasteiger partial charge in [0.1, 0.15) is 0 Å². The lowest BCUT2D eigenvalue weighted by atomic mass is 9.72. The molecule has 0 bridgehead atoms. The van der Waals surface area contributed by atoms with Crippen LogP contribution in [0.1, 0.15) is 33.6 Å². The summed E-state index contributed by atoms with van der Waals surface area (Å²) in [6.07, 6.45) is 2.02. The van der Waals surface area contributed by atoms with Crippen LogP contribution in [0.4, 0.5) is 0 Å². The van der Waals surface area contributed by atoms with Crippen molar-refractivity contribution in [2.75, 3.05) is 19.7 Å². The number of hydrogen-bond acceptors (Lipinski definition) is 3. The number of rotatable bonds is 3. The Bertz CT molecular complexity index is 195. The highest BCUT2D eigenvalue weighted by molar-refractivity contribution is 5.77. The predicted octanol–water partition coefficient (Wildman–Crippen LogP) is 1.58. The first-order valence-corrected chi connectivity index (χ1v) is 5.51. The molecule has 3 nitrogen and oxygen atoms in total. The molecule has 1 atom stereocenters. The van der Waals surface area contributed by atoms with E-state index in [0.717, 1.165) is 25.9 Å². The van der Waals surface area contributed by atoms with Crippen LogP contribution in [0.15, 0.2) is 0 Å². The van der Waals surface area contributed by atoms with Gasteiger partial charge in [0.05, 0.1) is 12.0 Å². The molecular weight excluding hydrogens is 178 g/mol. The van der Waals surface area contributed by atoms with E-state index in [1.54, 1.807) is 0 Å². The van der Waals surface area contributed by atoms with E-state index >= 15 is 0 Å². The fourth-order valence-electron chi connectivity index (χ4n) is 2.11. The fourth-order valence-corrected chi connectivity index (χ4v) is 2.11. The molecule has 0 radical (unpaired) electrons. The van der Waals surface area contributed by atoms with Crippen molar-refractivity contribution in [1.82, 2.24) is 5.32 Å². The summed E-state index contributed by atoms with van der Waals surface area (Å²) >= 11 is 0. The molecule has 0 aliphatic carbocycles. The summed E-state index contributed by atoms with van der Waals surface area (Å²) in [7, 11) is 0. The van der Waals surface area contributed by atoms with E-state index in [1.807, 2.05) is 6.92 Å². The number of esters is 1. The van der Waals surface area contributed by atoms with Crippen LogP contribution in [0.25, 0.3) is 0 Å². The molecule has 14 heavy (non-hydrogen) atoms. The van der Waals surface area contributed by atoms with Crippen molar-refractivity contribution in [1.29, 1.82) is 0 Å². The maximum atomic E-state index is 11.9. The Labute approximate surface area is 86.2 Å². The second kappa shape index (κ2) is 4.78. The van der Waals surface area contributed by atoms with Crippen LogP contribution < -0.4 is 5.32 Å². The SMILES string of the molecule is CCOC(=O)[C@]1(C(C)C)CCCNC1. The van der Waals surface area contributed by atoms with Crippen molar-refractivity contribution >= 4 is 5.97 Å². The van der Waals surface area contributed by atoms with E-state index in [9.17, 15) is 4.79 Å². The Morgan fingerprint density at radius 2 is 2.29 bits per heavy atom. The van der Waals surface area contributed by atoms with Gasteiger partial charge in [-0.2, -0.15) is 0 Å². The monoisotopic (exact) mass is 199 g/mol. The third-order valence-corrected chi connectivity index (χ3v) is 3.20. The first-order chi connectivity index (χ1) is 6.63. The van der Waals surface area contributed by atoms with Crippen LogP contribution in [0.2, 0.25) is 0 Å². The Hall–Kier alpha value is -0.570. The molecule has 0 saturated carbocycles. The average Bonchev–Trinajstić information content (AvgIpc) is 2.19. The number of piperidine rings is 1. The van der Waals surface area contributed by atoms with Crippen LogP contribution >= 0.6 is 0 Å². The summed E-state index contributed by atoms with van der Waals surface area (Å²) in [6.45, 7) is 8.33. The lowest BCUT2D eigenvalue weighted by molar-refractivity contribution is -0.159. The van der Waals surface area contributed by atoms with Gasteiger partial charge in [0.15, 0.2) is 0 Å². The summed E-state index contributed by atoms with van der Waals surface area (Å²) in [5.41, 5.74) is -0.283. The topological polar surface area (TPSA) is 38.3 Å². The summed E-state index contributed by atoms with van der Waals surface area (Å²) in [5, 5.41) is 3.30. The molecule has 82 valence electrons. The quantitative estimate of drug-likeness (QED) is 0.701. The van der Waals surface area contributed by atoms with Gasteiger partial charge in [-0.05, 0) is 32.2 Å². The zero-order valence-corrected chi connectivity index (χ0v) is 9.43. The number of hydrogen-bond donors (Lipinski definition) is 1. The second-order valence-electron chi connectivity index (χ2n) is 4.31. The predicted molar refractivity (Wildman–Crippen MR) is 56.0 cm³/mol. The van der Waals surface area contributed by atoms with Crippen LogP contribution in [0.3, 0.4) is 0 Å². The van der Waals surface area contributed by atoms with Gasteiger partial charge in [-0.3, -0.25) is 4.79 Å². The second-order valence-corrected chi connectivity index (χ2v) is 4.31. The minimum atomic E-state index is -0.283. The minimum absolute atomic E-state index is 0.0257. The molecule has 0 amide bonds. The molecule has 0 aromatic rings. The van der Waals surface area contributed by atoms with Crippen LogP contribution in [-0.2, 0) is 9.53 Å². The molecule has 0 unspecified atom stereocenters. The molecular formula is C11H21NO2. The molecule has 0 aromatic carbocycles. The van der Waals surface area contributed by atoms with Crippen LogP contribution in [0, 0.1) is 11.3 Å². The van der Waals surface area contributed by atoms with Gasteiger partial charge >= 0.3 is 5.97 Å². The molecule has 1 saturated heterocycles. The largest absolute Gasteiger partial charge is 0.466 e. The molecule has 0 aromatic heterocycles. The average molecular weight is 199 g/mol. The van der Waals surface area contributed by atoms with E-state index in [0.29, 0.717) is 12.5 Å². The first kappa shape index (κ1) is 11.5. The normalized spacial score (nSPS) is 27.7. The summed E-state index contributed by atoms with van der Waals surface area (Å²) in [4.78, 5) is 11.9. The number of nitrogens with one attached hydrogen (secondary N) is 1. The third kappa shape index (κ3) is 2.08. The standard InChI is InChI=1S/C11H21NO2/c1-4-14-10(13)11(9(2)3)6-5-7-12-8-11/h9,12H,4-8H2,1-3H3/t11-/m1/s1. The molecule has 3 heteroatoms. The van der Waals surface area contributed by atoms with Crippen molar-refractivity contribution < 1.29 is 9.53 Å². The maximum Gasteiger partial charge on any atom is 0.313 e. The molecule has 1 heterocycles. The number of carbonyl (C=O) groups is 1. The molecule has 1 aliphatic heterocycles. The molecule has 1 rings (SSSR count). The van der Waals surface area contributed by atoms with E-state index in [1.165, 1.54) is 0 Å². The van der Waals surface area contributed by atoms with Crippen molar-refractivity contribution in [3.8, 4) is 0 Å². The highest BCUT2D eigenvalue weighted by Crippen LogP contribution is 2.35. The Morgan fingerprint density at radius 3 is 2.71 bits per heavy atom. The highest BCUT2D eigenvalue weighted by atomic mass is 16.5. The summed E-state index contributed by atoms with van der Waals surface area (Å²) < 4.78 is 5.17. The number of ether oxygens (including phenoxy) is 1. The molecule has 1 N–H and O–H groups in total. The van der Waals surface area contributed by atoms with Crippen LogP contribution in [-0.4, -0.2) is 25.7 Å². The highest BCUT2D eigenvalue weighted by Gasteiger charge is 2.43. The van der Waals surface area contributed by atoms with Gasteiger partial charge in [-0.1, -0.05) is 13.8 Å². The van der Waals surface area contributed by atoms with E-state index < -0.39 is 0 Å². The molecule has 1 fully saturated rings. The Balaban J connectivity index is 2.74. The van der Waals surface area contributed by atoms with Gasteiger partial charge in [-0.15, -0.1) is 0 Å². The summed E-state index contributed by atoms with van der Waals surface area (Å²) in [5.74, 6) is 0.316. The van der Waals surface area contributed by atoms with Gasteiger partial charge in [-0.25, -0.2) is 0 Å². The first-order valence-electron chi connectivity index (χ1n) is 5.51. The van der Waals surface area contributed by atoms with Crippen molar-refractivity contribution in [3.63, 3.8) is 0 Å². The van der Waals surface area contributed by atoms with Gasteiger partial charge in [0.2, 0.25) is 0 Å². The smallest absolute Gasteiger partial charge is 0.313 e. The van der Waals surface area contributed by atoms with Crippen molar-refractivity contribution in [2.45, 2.75) is 33.6 Å². The number of carbonyl (C=O) groups excluding carboxylic acids is 1. The Morgan fingerprint density at radius 1 is 1.57 bits per heavy atom. The lowest BCUT2D eigenvalue weighted by Gasteiger charge is -2.38. The van der Waals surface area contributed by atoms with Gasteiger partial charge in [0.25, 0.3) is 0 Å². The zero-order valence-electron chi connectivity index (χ0n) is 9.43. The van der Waals surface area contributed by atoms with E-state index in [2.05, 4.69) is 19.2 Å². The van der Waals surface area contributed by atoms with E-state index in [4.69, 9.17) is 4.74 Å². The van der Waals surface area contributed by atoms with Crippen molar-refractivity contribution in [3.05, 3.63) is 0 Å².